The van der Waals surface area contributed by atoms with Gasteiger partial charge in [0.15, 0.2) is 0 Å². The molecule has 1 aromatic heterocycles. The minimum Gasteiger partial charge on any atom is -0.507 e. The maximum Gasteiger partial charge on any atom is 0.287 e. The number of nitrogens with zero attached hydrogens (tertiary/aromatic N) is 2. The number of aromatic nitrogens is 1. The normalized spacial score (nSPS) is 11.1. The Hall–Kier alpha value is -5.32. The molecule has 0 fully saturated rings. The minimum atomic E-state index is -0.456. The highest BCUT2D eigenvalue weighted by Gasteiger charge is 2.10. The predicted octanol–water partition coefficient (Wildman–Crippen LogP) is 3.22. The van der Waals surface area contributed by atoms with Gasteiger partial charge in [-0.1, -0.05) is 12.1 Å². The average molecular weight is 515 g/mol. The van der Waals surface area contributed by atoms with Crippen molar-refractivity contribution in [2.45, 2.75) is 0 Å². The Labute approximate surface area is 218 Å². The number of phenols is 1. The number of carbonyl (C=O) groups is 2. The Morgan fingerprint density at radius 2 is 1.71 bits per heavy atom. The maximum absolute atomic E-state index is 12.5. The quantitative estimate of drug-likeness (QED) is 0.162. The largest absolute Gasteiger partial charge is 0.507 e. The van der Waals surface area contributed by atoms with E-state index in [4.69, 9.17) is 9.47 Å². The average Bonchev–Trinajstić information content (AvgIpc) is 3.37. The molecule has 4 aromatic rings. The molecule has 0 aliphatic carbocycles. The van der Waals surface area contributed by atoms with Crippen LogP contribution in [0, 0.1) is 0 Å². The topological polar surface area (TPSA) is 149 Å². The van der Waals surface area contributed by atoms with Gasteiger partial charge >= 0.3 is 0 Å². The van der Waals surface area contributed by atoms with Crippen molar-refractivity contribution in [2.24, 2.45) is 10.2 Å². The van der Waals surface area contributed by atoms with Gasteiger partial charge in [-0.2, -0.15) is 10.2 Å². The minimum absolute atomic E-state index is 0.00452. The standard InChI is InChI=1S/C27H26N6O5/c1-37-21-5-3-4-17(10-21)14-29-32-26(35)16-28-20-6-8-23-18(11-20)13-24(31-23)27(36)33-30-15-19-12-22(38-2)7-9-25(19)34/h3-15,28,31,34H,16H2,1-2H3,(H,32,35)(H,33,36). The van der Waals surface area contributed by atoms with Crippen LogP contribution >= 0.6 is 0 Å². The number of nitrogens with one attached hydrogen (secondary N) is 4. The summed E-state index contributed by atoms with van der Waals surface area (Å²) in [6, 6.07) is 19.0. The van der Waals surface area contributed by atoms with Crippen molar-refractivity contribution in [3.8, 4) is 17.2 Å². The molecule has 38 heavy (non-hydrogen) atoms. The summed E-state index contributed by atoms with van der Waals surface area (Å²) in [7, 11) is 3.09. The van der Waals surface area contributed by atoms with Crippen molar-refractivity contribution >= 4 is 40.8 Å². The van der Waals surface area contributed by atoms with Gasteiger partial charge in [-0.05, 0) is 60.2 Å². The third-order valence-corrected chi connectivity index (χ3v) is 5.42. The third kappa shape index (κ3) is 6.66. The molecular weight excluding hydrogens is 488 g/mol. The molecule has 1 heterocycles. The number of methoxy groups -OCH3 is 2. The highest BCUT2D eigenvalue weighted by Crippen LogP contribution is 2.22. The van der Waals surface area contributed by atoms with E-state index in [9.17, 15) is 14.7 Å². The van der Waals surface area contributed by atoms with Crippen LogP contribution in [0.4, 0.5) is 5.69 Å². The third-order valence-electron chi connectivity index (χ3n) is 5.42. The van der Waals surface area contributed by atoms with Crippen LogP contribution in [-0.4, -0.2) is 55.1 Å². The lowest BCUT2D eigenvalue weighted by molar-refractivity contribution is -0.119. The molecule has 0 aliphatic rings. The van der Waals surface area contributed by atoms with E-state index in [-0.39, 0.29) is 18.2 Å². The second kappa shape index (κ2) is 12.1. The van der Waals surface area contributed by atoms with E-state index in [0.29, 0.717) is 28.4 Å². The number of hydrazone groups is 2. The number of carbonyl (C=O) groups excluding carboxylic acids is 2. The van der Waals surface area contributed by atoms with Gasteiger partial charge in [-0.25, -0.2) is 10.9 Å². The van der Waals surface area contributed by atoms with Gasteiger partial charge in [0, 0.05) is 22.2 Å². The molecule has 5 N–H and O–H groups in total. The molecule has 0 spiro atoms. The maximum atomic E-state index is 12.5. The molecule has 11 heteroatoms. The van der Waals surface area contributed by atoms with Gasteiger partial charge in [0.1, 0.15) is 22.9 Å². The Kier molecular flexibility index (Phi) is 8.19. The molecule has 3 aromatic carbocycles. The SMILES string of the molecule is COc1cccc(C=NNC(=O)CNc2ccc3[nH]c(C(=O)NN=Cc4cc(OC)ccc4O)cc3c2)c1. The van der Waals surface area contributed by atoms with E-state index in [0.717, 1.165) is 16.5 Å². The molecule has 0 unspecified atom stereocenters. The number of fused-ring (bicyclic) bond motifs is 1. The zero-order valence-corrected chi connectivity index (χ0v) is 20.7. The van der Waals surface area contributed by atoms with Crippen molar-refractivity contribution in [1.82, 2.24) is 15.8 Å². The number of rotatable bonds is 10. The Balaban J connectivity index is 1.31. The van der Waals surface area contributed by atoms with Gasteiger partial charge in [-0.15, -0.1) is 0 Å². The number of aromatic hydroxyl groups is 1. The van der Waals surface area contributed by atoms with E-state index >= 15 is 0 Å². The fraction of sp³-hybridized carbons (Fsp3) is 0.111. The molecule has 4 rings (SSSR count). The van der Waals surface area contributed by atoms with Crippen LogP contribution in [0.5, 0.6) is 17.2 Å². The van der Waals surface area contributed by atoms with Gasteiger partial charge in [-0.3, -0.25) is 9.59 Å². The van der Waals surface area contributed by atoms with Crippen molar-refractivity contribution in [3.05, 3.63) is 83.6 Å². The summed E-state index contributed by atoms with van der Waals surface area (Å²) >= 11 is 0. The van der Waals surface area contributed by atoms with Gasteiger partial charge in [0.25, 0.3) is 11.8 Å². The molecule has 0 bridgehead atoms. The number of aromatic amines is 1. The second-order valence-electron chi connectivity index (χ2n) is 8.03. The zero-order valence-electron chi connectivity index (χ0n) is 20.7. The summed E-state index contributed by atoms with van der Waals surface area (Å²) in [5.74, 6) is 0.478. The Morgan fingerprint density at radius 1 is 0.921 bits per heavy atom. The summed E-state index contributed by atoms with van der Waals surface area (Å²) in [4.78, 5) is 27.7. The molecule has 0 radical (unpaired) electrons. The summed E-state index contributed by atoms with van der Waals surface area (Å²) in [5.41, 5.74) is 7.81. The molecule has 0 saturated carbocycles. The van der Waals surface area contributed by atoms with Crippen molar-refractivity contribution < 1.29 is 24.2 Å². The summed E-state index contributed by atoms with van der Waals surface area (Å²) in [6.45, 7) is 0.00452. The van der Waals surface area contributed by atoms with Crippen LogP contribution in [0.2, 0.25) is 0 Å². The molecule has 11 nitrogen and oxygen atoms in total. The first-order chi connectivity index (χ1) is 18.4. The van der Waals surface area contributed by atoms with Crippen LogP contribution in [-0.2, 0) is 4.79 Å². The lowest BCUT2D eigenvalue weighted by Crippen LogP contribution is -2.25. The number of phenolic OH excluding ortho intramolecular Hbond substituents is 1. The number of hydrogen-bond acceptors (Lipinski definition) is 8. The fourth-order valence-electron chi connectivity index (χ4n) is 3.47. The van der Waals surface area contributed by atoms with Crippen LogP contribution in [0.15, 0.2) is 76.9 Å². The van der Waals surface area contributed by atoms with Gasteiger partial charge in [0.05, 0.1) is 33.2 Å². The van der Waals surface area contributed by atoms with Crippen LogP contribution < -0.4 is 25.6 Å². The number of ether oxygens (including phenoxy) is 2. The van der Waals surface area contributed by atoms with Crippen LogP contribution in [0.25, 0.3) is 10.9 Å². The molecule has 2 amide bonds. The number of amides is 2. The van der Waals surface area contributed by atoms with E-state index in [1.165, 1.54) is 25.6 Å². The molecule has 0 aliphatic heterocycles. The Bertz CT molecular complexity index is 1510. The molecule has 0 atom stereocenters. The van der Waals surface area contributed by atoms with Crippen molar-refractivity contribution in [2.75, 3.05) is 26.1 Å². The first kappa shape index (κ1) is 25.8. The zero-order chi connectivity index (χ0) is 26.9. The van der Waals surface area contributed by atoms with E-state index in [1.807, 2.05) is 24.3 Å². The van der Waals surface area contributed by atoms with E-state index in [1.54, 1.807) is 43.5 Å². The van der Waals surface area contributed by atoms with E-state index < -0.39 is 5.91 Å². The van der Waals surface area contributed by atoms with Gasteiger partial charge in [0.2, 0.25) is 0 Å². The second-order valence-corrected chi connectivity index (χ2v) is 8.03. The Morgan fingerprint density at radius 3 is 2.53 bits per heavy atom. The smallest absolute Gasteiger partial charge is 0.287 e. The van der Waals surface area contributed by atoms with Crippen LogP contribution in [0.3, 0.4) is 0 Å². The molecule has 194 valence electrons. The molecule has 0 saturated heterocycles. The first-order valence-electron chi connectivity index (χ1n) is 11.5. The predicted molar refractivity (Wildman–Crippen MR) is 145 cm³/mol. The number of benzene rings is 3. The summed E-state index contributed by atoms with van der Waals surface area (Å²) < 4.78 is 10.3. The summed E-state index contributed by atoms with van der Waals surface area (Å²) in [5, 5.41) is 21.6. The first-order valence-corrected chi connectivity index (χ1v) is 11.5. The van der Waals surface area contributed by atoms with Crippen molar-refractivity contribution in [3.63, 3.8) is 0 Å². The lowest BCUT2D eigenvalue weighted by Gasteiger charge is -2.05. The summed E-state index contributed by atoms with van der Waals surface area (Å²) in [6.07, 6.45) is 2.86. The monoisotopic (exact) mass is 514 g/mol. The molecular formula is C27H26N6O5. The number of hydrogen-bond donors (Lipinski definition) is 5. The van der Waals surface area contributed by atoms with Gasteiger partial charge < -0.3 is 24.9 Å². The highest BCUT2D eigenvalue weighted by atomic mass is 16.5. The fourth-order valence-corrected chi connectivity index (χ4v) is 3.47. The van der Waals surface area contributed by atoms with Crippen LogP contribution in [0.1, 0.15) is 21.6 Å². The van der Waals surface area contributed by atoms with Crippen molar-refractivity contribution in [1.29, 1.82) is 0 Å². The van der Waals surface area contributed by atoms with E-state index in [2.05, 4.69) is 31.4 Å². The lowest BCUT2D eigenvalue weighted by atomic mass is 10.2. The highest BCUT2D eigenvalue weighted by molar-refractivity contribution is 5.99. The number of H-pyrrole nitrogens is 1. The number of anilines is 1.